The fraction of sp³-hybridized carbons (Fsp3) is 0.643. The molecule has 1 aromatic rings. The van der Waals surface area contributed by atoms with Gasteiger partial charge in [0.25, 0.3) is 0 Å². The van der Waals surface area contributed by atoms with Crippen molar-refractivity contribution in [1.82, 2.24) is 9.29 Å². The molecule has 1 aromatic heterocycles. The van der Waals surface area contributed by atoms with Crippen LogP contribution in [0.4, 0.5) is 5.82 Å². The maximum absolute atomic E-state index is 12.6. The third kappa shape index (κ3) is 4.31. The molecule has 0 fully saturated rings. The van der Waals surface area contributed by atoms with E-state index in [-0.39, 0.29) is 10.9 Å². The summed E-state index contributed by atoms with van der Waals surface area (Å²) in [6.45, 7) is 6.73. The smallest absolute Gasteiger partial charge is 0.244 e. The first-order valence-electron chi connectivity index (χ1n) is 7.25. The molecule has 0 aliphatic heterocycles. The highest BCUT2D eigenvalue weighted by molar-refractivity contribution is 7.89. The first-order chi connectivity index (χ1) is 9.88. The molecule has 0 saturated carbocycles. The van der Waals surface area contributed by atoms with Crippen LogP contribution in [-0.4, -0.2) is 37.3 Å². The van der Waals surface area contributed by atoms with E-state index >= 15 is 0 Å². The van der Waals surface area contributed by atoms with Crippen molar-refractivity contribution in [2.24, 2.45) is 0 Å². The number of nitrogens with one attached hydrogen (secondary N) is 1. The molecule has 0 aliphatic rings. The van der Waals surface area contributed by atoms with Gasteiger partial charge in [-0.15, -0.1) is 0 Å². The molecule has 0 spiro atoms. The van der Waals surface area contributed by atoms with Crippen LogP contribution in [0.2, 0.25) is 5.02 Å². The zero-order chi connectivity index (χ0) is 16.0. The summed E-state index contributed by atoms with van der Waals surface area (Å²) in [7, 11) is -1.96. The molecule has 0 saturated heterocycles. The van der Waals surface area contributed by atoms with Crippen LogP contribution in [0.25, 0.3) is 0 Å². The van der Waals surface area contributed by atoms with E-state index in [1.807, 2.05) is 20.8 Å². The summed E-state index contributed by atoms with van der Waals surface area (Å²) in [6.07, 6.45) is 3.83. The second kappa shape index (κ2) is 7.96. The van der Waals surface area contributed by atoms with Gasteiger partial charge in [-0.2, -0.15) is 4.31 Å². The largest absolute Gasteiger partial charge is 0.369 e. The average Bonchev–Trinajstić information content (AvgIpc) is 2.47. The molecular formula is C14H24ClN3O2S. The first kappa shape index (κ1) is 18.2. The van der Waals surface area contributed by atoms with Gasteiger partial charge in [-0.25, -0.2) is 13.4 Å². The van der Waals surface area contributed by atoms with E-state index in [0.717, 1.165) is 25.8 Å². The predicted molar refractivity (Wildman–Crippen MR) is 87.3 cm³/mol. The van der Waals surface area contributed by atoms with Crippen LogP contribution in [0, 0.1) is 0 Å². The van der Waals surface area contributed by atoms with E-state index in [2.05, 4.69) is 10.3 Å². The summed E-state index contributed by atoms with van der Waals surface area (Å²) in [5.41, 5.74) is 0. The summed E-state index contributed by atoms with van der Waals surface area (Å²) in [5.74, 6) is 0.516. The van der Waals surface area contributed by atoms with Gasteiger partial charge in [0.1, 0.15) is 10.7 Å². The third-order valence-electron chi connectivity index (χ3n) is 3.49. The van der Waals surface area contributed by atoms with Crippen molar-refractivity contribution in [3.05, 3.63) is 17.3 Å². The number of nitrogens with zero attached hydrogens (tertiary/aromatic N) is 2. The lowest BCUT2D eigenvalue weighted by Gasteiger charge is -2.25. The van der Waals surface area contributed by atoms with Crippen molar-refractivity contribution < 1.29 is 8.42 Å². The summed E-state index contributed by atoms with van der Waals surface area (Å²) < 4.78 is 26.6. The summed E-state index contributed by atoms with van der Waals surface area (Å²) in [4.78, 5) is 4.26. The van der Waals surface area contributed by atoms with Gasteiger partial charge in [-0.3, -0.25) is 0 Å². The second-order valence-corrected chi connectivity index (χ2v) is 7.32. The van der Waals surface area contributed by atoms with Crippen LogP contribution in [-0.2, 0) is 10.0 Å². The van der Waals surface area contributed by atoms with Crippen molar-refractivity contribution in [2.75, 3.05) is 18.9 Å². The Balaban J connectivity index is 3.06. The molecule has 0 radical (unpaired) electrons. The monoisotopic (exact) mass is 333 g/mol. The average molecular weight is 334 g/mol. The van der Waals surface area contributed by atoms with E-state index in [1.165, 1.54) is 16.6 Å². The molecule has 0 aliphatic carbocycles. The lowest BCUT2D eigenvalue weighted by Crippen LogP contribution is -2.36. The van der Waals surface area contributed by atoms with Crippen molar-refractivity contribution in [3.63, 3.8) is 0 Å². The van der Waals surface area contributed by atoms with Crippen molar-refractivity contribution in [2.45, 2.75) is 51.0 Å². The fourth-order valence-corrected chi connectivity index (χ4v) is 3.87. The van der Waals surface area contributed by atoms with Crippen LogP contribution in [0.1, 0.15) is 40.0 Å². The van der Waals surface area contributed by atoms with Gasteiger partial charge < -0.3 is 5.32 Å². The van der Waals surface area contributed by atoms with Crippen LogP contribution in [0.5, 0.6) is 0 Å². The van der Waals surface area contributed by atoms with Gasteiger partial charge in [0.05, 0.1) is 5.02 Å². The van der Waals surface area contributed by atoms with E-state index in [0.29, 0.717) is 10.8 Å². The Hall–Kier alpha value is -0.850. The Morgan fingerprint density at radius 2 is 1.95 bits per heavy atom. The quantitative estimate of drug-likeness (QED) is 0.792. The highest BCUT2D eigenvalue weighted by Gasteiger charge is 2.27. The Kier molecular flexibility index (Phi) is 6.90. The van der Waals surface area contributed by atoms with Gasteiger partial charge in [-0.05, 0) is 25.3 Å². The number of hydrogen-bond donors (Lipinski definition) is 1. The zero-order valence-electron chi connectivity index (χ0n) is 13.1. The minimum absolute atomic E-state index is 0.0216. The lowest BCUT2D eigenvalue weighted by atomic mass is 10.2. The van der Waals surface area contributed by atoms with Crippen molar-refractivity contribution >= 4 is 27.4 Å². The lowest BCUT2D eigenvalue weighted by molar-refractivity contribution is 0.349. The number of halogens is 1. The summed E-state index contributed by atoms with van der Waals surface area (Å²) >= 11 is 6.12. The SMILES string of the molecule is CCCNc1ncc(S(=O)(=O)N(C)C(CC)CC)cc1Cl. The molecule has 21 heavy (non-hydrogen) atoms. The first-order valence-corrected chi connectivity index (χ1v) is 9.07. The van der Waals surface area contributed by atoms with E-state index in [9.17, 15) is 8.42 Å². The summed E-state index contributed by atoms with van der Waals surface area (Å²) in [5, 5.41) is 3.39. The van der Waals surface area contributed by atoms with Crippen molar-refractivity contribution in [1.29, 1.82) is 0 Å². The molecule has 7 heteroatoms. The van der Waals surface area contributed by atoms with Gasteiger partial charge >= 0.3 is 0 Å². The minimum atomic E-state index is -3.56. The number of sulfonamides is 1. The molecule has 5 nitrogen and oxygen atoms in total. The highest BCUT2D eigenvalue weighted by Crippen LogP contribution is 2.25. The number of rotatable bonds is 8. The molecule has 1 N–H and O–H groups in total. The molecule has 0 aromatic carbocycles. The van der Waals surface area contributed by atoms with Crippen LogP contribution in [0.15, 0.2) is 17.2 Å². The van der Waals surface area contributed by atoms with Crippen LogP contribution >= 0.6 is 11.6 Å². The molecule has 1 heterocycles. The molecular weight excluding hydrogens is 310 g/mol. The van der Waals surface area contributed by atoms with E-state index in [4.69, 9.17) is 11.6 Å². The van der Waals surface area contributed by atoms with Gasteiger partial charge in [0.2, 0.25) is 10.0 Å². The molecule has 0 amide bonds. The molecule has 120 valence electrons. The normalized spacial score (nSPS) is 12.1. The predicted octanol–water partition coefficient (Wildman–Crippen LogP) is 3.37. The van der Waals surface area contributed by atoms with E-state index in [1.54, 1.807) is 7.05 Å². The fourth-order valence-electron chi connectivity index (χ4n) is 2.10. The van der Waals surface area contributed by atoms with Crippen molar-refractivity contribution in [3.8, 4) is 0 Å². The van der Waals surface area contributed by atoms with E-state index < -0.39 is 10.0 Å². The standard InChI is InChI=1S/C14H24ClN3O2S/c1-5-8-16-14-13(15)9-12(10-17-14)21(19,20)18(4)11(6-2)7-3/h9-11H,5-8H2,1-4H3,(H,16,17). The van der Waals surface area contributed by atoms with Gasteiger partial charge in [0, 0.05) is 25.8 Å². The number of pyridine rings is 1. The highest BCUT2D eigenvalue weighted by atomic mass is 35.5. The van der Waals surface area contributed by atoms with Crippen LogP contribution in [0.3, 0.4) is 0 Å². The number of anilines is 1. The number of aromatic nitrogens is 1. The van der Waals surface area contributed by atoms with Gasteiger partial charge in [-0.1, -0.05) is 32.4 Å². The maximum atomic E-state index is 12.6. The van der Waals surface area contributed by atoms with Gasteiger partial charge in [0.15, 0.2) is 0 Å². The summed E-state index contributed by atoms with van der Waals surface area (Å²) in [6, 6.07) is 1.44. The molecule has 0 bridgehead atoms. The zero-order valence-corrected chi connectivity index (χ0v) is 14.6. The molecule has 0 atom stereocenters. The van der Waals surface area contributed by atoms with Crippen LogP contribution < -0.4 is 5.32 Å². The Bertz CT molecular complexity index is 559. The molecule has 1 rings (SSSR count). The second-order valence-electron chi connectivity index (χ2n) is 4.92. The Morgan fingerprint density at radius 1 is 1.33 bits per heavy atom. The number of hydrogen-bond acceptors (Lipinski definition) is 4. The Morgan fingerprint density at radius 3 is 2.43 bits per heavy atom. The topological polar surface area (TPSA) is 62.3 Å². The molecule has 0 unspecified atom stereocenters. The third-order valence-corrected chi connectivity index (χ3v) is 5.66. The Labute approximate surface area is 132 Å². The minimum Gasteiger partial charge on any atom is -0.369 e. The maximum Gasteiger partial charge on any atom is 0.244 e.